The third-order valence-electron chi connectivity index (χ3n) is 0.689. The van der Waals surface area contributed by atoms with Crippen molar-refractivity contribution in [2.24, 2.45) is 5.73 Å². The molecule has 0 aromatic carbocycles. The van der Waals surface area contributed by atoms with E-state index < -0.39 is 11.7 Å². The van der Waals surface area contributed by atoms with Crippen LogP contribution in [0.25, 0.3) is 0 Å². The van der Waals surface area contributed by atoms with E-state index in [1.165, 1.54) is 6.92 Å². The fraction of sp³-hybridized carbons (Fsp3) is 0.800. The summed E-state index contributed by atoms with van der Waals surface area (Å²) in [6.45, 7) is 3.04. The Morgan fingerprint density at radius 1 is 1.89 bits per heavy atom. The third-order valence-corrected chi connectivity index (χ3v) is 0.689. The molecule has 1 atom stereocenters. The van der Waals surface area contributed by atoms with Crippen LogP contribution in [0.4, 0.5) is 0 Å². The zero-order valence-electron chi connectivity index (χ0n) is 5.55. The van der Waals surface area contributed by atoms with Crippen LogP contribution in [0.5, 0.6) is 0 Å². The molecule has 54 valence electrons. The molecule has 0 bridgehead atoms. The Morgan fingerprint density at radius 2 is 2.33 bits per heavy atom. The van der Waals surface area contributed by atoms with Crippen LogP contribution in [0.3, 0.4) is 0 Å². The van der Waals surface area contributed by atoms with Gasteiger partial charge in [-0.2, -0.15) is 0 Å². The SMILES string of the molecule is CCOC(=O)[C@](C)(N)O. The molecule has 0 aliphatic rings. The Hall–Kier alpha value is -0.610. The lowest BCUT2D eigenvalue weighted by Crippen LogP contribution is -2.45. The minimum absolute atomic E-state index is 0.228. The third kappa shape index (κ3) is 3.05. The van der Waals surface area contributed by atoms with Gasteiger partial charge in [-0.05, 0) is 13.8 Å². The standard InChI is InChI=1S/C5H11NO3/c1-3-9-4(7)5(2,6)8/h8H,3,6H2,1-2H3/t5-/m1/s1. The number of carbonyl (C=O) groups is 1. The van der Waals surface area contributed by atoms with Gasteiger partial charge >= 0.3 is 5.97 Å². The Labute approximate surface area is 53.6 Å². The molecule has 0 aliphatic heterocycles. The van der Waals surface area contributed by atoms with Crippen molar-refractivity contribution < 1.29 is 14.6 Å². The first-order valence-corrected chi connectivity index (χ1v) is 2.67. The minimum Gasteiger partial charge on any atom is -0.463 e. The van der Waals surface area contributed by atoms with Crippen molar-refractivity contribution in [3.05, 3.63) is 0 Å². The predicted octanol–water partition coefficient (Wildman–Crippen LogP) is -0.783. The van der Waals surface area contributed by atoms with E-state index in [0.29, 0.717) is 0 Å². The molecule has 0 spiro atoms. The van der Waals surface area contributed by atoms with E-state index in [9.17, 15) is 4.79 Å². The van der Waals surface area contributed by atoms with Crippen molar-refractivity contribution in [2.45, 2.75) is 19.6 Å². The molecule has 9 heavy (non-hydrogen) atoms. The van der Waals surface area contributed by atoms with E-state index >= 15 is 0 Å². The van der Waals surface area contributed by atoms with Crippen LogP contribution in [-0.2, 0) is 9.53 Å². The molecule has 0 saturated carbocycles. The van der Waals surface area contributed by atoms with Gasteiger partial charge < -0.3 is 9.84 Å². The smallest absolute Gasteiger partial charge is 0.353 e. The Kier molecular flexibility index (Phi) is 2.61. The normalized spacial score (nSPS) is 16.4. The van der Waals surface area contributed by atoms with E-state index in [4.69, 9.17) is 10.8 Å². The number of carbonyl (C=O) groups excluding carboxylic acids is 1. The van der Waals surface area contributed by atoms with Crippen LogP contribution in [0.2, 0.25) is 0 Å². The molecule has 0 heterocycles. The van der Waals surface area contributed by atoms with Gasteiger partial charge in [-0.15, -0.1) is 0 Å². The Balaban J connectivity index is 3.74. The zero-order chi connectivity index (χ0) is 7.49. The van der Waals surface area contributed by atoms with Gasteiger partial charge in [0.25, 0.3) is 0 Å². The van der Waals surface area contributed by atoms with Crippen molar-refractivity contribution in [2.75, 3.05) is 6.61 Å². The summed E-state index contributed by atoms with van der Waals surface area (Å²) >= 11 is 0. The van der Waals surface area contributed by atoms with Crippen LogP contribution >= 0.6 is 0 Å². The summed E-state index contributed by atoms with van der Waals surface area (Å²) in [5.74, 6) is -0.801. The number of hydrogen-bond acceptors (Lipinski definition) is 4. The summed E-state index contributed by atoms with van der Waals surface area (Å²) in [6.07, 6.45) is 0. The van der Waals surface area contributed by atoms with Gasteiger partial charge in [0.2, 0.25) is 5.72 Å². The van der Waals surface area contributed by atoms with E-state index in [0.717, 1.165) is 0 Å². The molecular formula is C5H11NO3. The molecule has 0 aromatic heterocycles. The van der Waals surface area contributed by atoms with E-state index in [1.807, 2.05) is 0 Å². The molecule has 0 saturated heterocycles. The lowest BCUT2D eigenvalue weighted by molar-refractivity contribution is -0.162. The molecule has 0 fully saturated rings. The topological polar surface area (TPSA) is 72.5 Å². The molecule has 0 rings (SSSR count). The number of esters is 1. The van der Waals surface area contributed by atoms with Crippen molar-refractivity contribution >= 4 is 5.97 Å². The van der Waals surface area contributed by atoms with Crippen LogP contribution in [0.15, 0.2) is 0 Å². The molecule has 0 unspecified atom stereocenters. The van der Waals surface area contributed by atoms with E-state index in [-0.39, 0.29) is 6.61 Å². The number of aliphatic hydroxyl groups is 1. The maximum absolute atomic E-state index is 10.5. The summed E-state index contributed by atoms with van der Waals surface area (Å²) in [7, 11) is 0. The van der Waals surface area contributed by atoms with Crippen LogP contribution in [-0.4, -0.2) is 23.4 Å². The van der Waals surface area contributed by atoms with Gasteiger partial charge in [0.1, 0.15) is 0 Å². The summed E-state index contributed by atoms with van der Waals surface area (Å²) in [5, 5.41) is 8.72. The number of ether oxygens (including phenoxy) is 1. The molecule has 4 nitrogen and oxygen atoms in total. The van der Waals surface area contributed by atoms with E-state index in [2.05, 4.69) is 4.74 Å². The molecule has 0 aromatic rings. The highest BCUT2D eigenvalue weighted by Crippen LogP contribution is 1.94. The highest BCUT2D eigenvalue weighted by molar-refractivity contribution is 5.77. The summed E-state index contributed by atoms with van der Waals surface area (Å²) in [6, 6.07) is 0. The lowest BCUT2D eigenvalue weighted by atomic mass is 10.3. The molecule has 0 amide bonds. The Bertz CT molecular complexity index is 105. The maximum Gasteiger partial charge on any atom is 0.353 e. The monoisotopic (exact) mass is 133 g/mol. The molecule has 0 aliphatic carbocycles. The first-order valence-electron chi connectivity index (χ1n) is 2.67. The highest BCUT2D eigenvalue weighted by Gasteiger charge is 2.25. The second kappa shape index (κ2) is 2.80. The fourth-order valence-corrected chi connectivity index (χ4v) is 0.277. The van der Waals surface area contributed by atoms with Crippen LogP contribution in [0, 0.1) is 0 Å². The second-order valence-corrected chi connectivity index (χ2v) is 1.87. The second-order valence-electron chi connectivity index (χ2n) is 1.87. The largest absolute Gasteiger partial charge is 0.463 e. The Morgan fingerprint density at radius 3 is 2.44 bits per heavy atom. The van der Waals surface area contributed by atoms with Gasteiger partial charge in [-0.3, -0.25) is 5.73 Å². The quantitative estimate of drug-likeness (QED) is 0.382. The first kappa shape index (κ1) is 8.39. The van der Waals surface area contributed by atoms with Crippen molar-refractivity contribution in [3.63, 3.8) is 0 Å². The zero-order valence-corrected chi connectivity index (χ0v) is 5.55. The summed E-state index contributed by atoms with van der Waals surface area (Å²) < 4.78 is 4.39. The van der Waals surface area contributed by atoms with Gasteiger partial charge in [0.15, 0.2) is 0 Å². The average molecular weight is 133 g/mol. The molecule has 0 radical (unpaired) electrons. The first-order chi connectivity index (χ1) is 3.98. The summed E-state index contributed by atoms with van der Waals surface area (Å²) in [5.41, 5.74) is 3.09. The van der Waals surface area contributed by atoms with Crippen LogP contribution in [0.1, 0.15) is 13.8 Å². The number of hydrogen-bond donors (Lipinski definition) is 2. The fourth-order valence-electron chi connectivity index (χ4n) is 0.277. The number of nitrogens with two attached hydrogens (primary N) is 1. The van der Waals surface area contributed by atoms with Gasteiger partial charge in [0.05, 0.1) is 6.61 Å². The maximum atomic E-state index is 10.5. The molecular weight excluding hydrogens is 122 g/mol. The highest BCUT2D eigenvalue weighted by atomic mass is 16.6. The van der Waals surface area contributed by atoms with Crippen molar-refractivity contribution in [1.29, 1.82) is 0 Å². The predicted molar refractivity (Wildman–Crippen MR) is 31.4 cm³/mol. The lowest BCUT2D eigenvalue weighted by Gasteiger charge is -2.13. The number of rotatable bonds is 2. The van der Waals surface area contributed by atoms with Crippen LogP contribution < -0.4 is 5.73 Å². The molecule has 4 heteroatoms. The van der Waals surface area contributed by atoms with Gasteiger partial charge in [-0.1, -0.05) is 0 Å². The van der Waals surface area contributed by atoms with Gasteiger partial charge in [0, 0.05) is 0 Å². The average Bonchev–Trinajstić information content (AvgIpc) is 1.64. The molecule has 3 N–H and O–H groups in total. The van der Waals surface area contributed by atoms with Gasteiger partial charge in [-0.25, -0.2) is 4.79 Å². The van der Waals surface area contributed by atoms with Crippen molar-refractivity contribution in [3.8, 4) is 0 Å². The minimum atomic E-state index is -1.85. The summed E-state index contributed by atoms with van der Waals surface area (Å²) in [4.78, 5) is 10.5. The van der Waals surface area contributed by atoms with Crippen molar-refractivity contribution in [1.82, 2.24) is 0 Å². The van der Waals surface area contributed by atoms with E-state index in [1.54, 1.807) is 6.92 Å².